The second kappa shape index (κ2) is 12.1. The molecule has 0 radical (unpaired) electrons. The molecule has 0 aliphatic rings. The predicted octanol–water partition coefficient (Wildman–Crippen LogP) is 1.83. The van der Waals surface area contributed by atoms with Crippen molar-refractivity contribution in [2.75, 3.05) is 19.8 Å². The van der Waals surface area contributed by atoms with Gasteiger partial charge in [0.25, 0.3) is 17.7 Å². The van der Waals surface area contributed by atoms with Gasteiger partial charge in [0.1, 0.15) is 17.2 Å². The minimum Gasteiger partial charge on any atom is -0.494 e. The Hall–Kier alpha value is -3.75. The zero-order chi connectivity index (χ0) is 22.6. The molecule has 166 valence electrons. The number of hydrogen-bond donors (Lipinski definition) is 3. The maximum Gasteiger partial charge on any atom is 0.279 e. The number of carbonyl (C=O) groups excluding carboxylic acids is 3. The van der Waals surface area contributed by atoms with E-state index in [1.807, 2.05) is 13.8 Å². The molecule has 0 aromatic heterocycles. The molecule has 3 amide bonds. The summed E-state index contributed by atoms with van der Waals surface area (Å²) in [5.74, 6) is 0.0103. The van der Waals surface area contributed by atoms with Crippen LogP contribution in [0.1, 0.15) is 31.1 Å². The van der Waals surface area contributed by atoms with Crippen LogP contribution in [0, 0.1) is 0 Å². The van der Waals surface area contributed by atoms with Gasteiger partial charge in [-0.2, -0.15) is 0 Å². The molecule has 9 heteroatoms. The number of para-hydroxylation sites is 1. The van der Waals surface area contributed by atoms with Crippen LogP contribution in [-0.2, 0) is 9.59 Å². The molecule has 2 aromatic carbocycles. The number of rotatable bonds is 10. The van der Waals surface area contributed by atoms with Gasteiger partial charge < -0.3 is 19.5 Å². The summed E-state index contributed by atoms with van der Waals surface area (Å²) in [6, 6.07) is 13.6. The Bertz CT molecular complexity index is 885. The van der Waals surface area contributed by atoms with E-state index >= 15 is 0 Å². The van der Waals surface area contributed by atoms with Crippen molar-refractivity contribution in [2.45, 2.75) is 26.9 Å². The van der Waals surface area contributed by atoms with E-state index in [0.717, 1.165) is 0 Å². The van der Waals surface area contributed by atoms with Gasteiger partial charge in [-0.05, 0) is 57.2 Å². The predicted molar refractivity (Wildman–Crippen MR) is 114 cm³/mol. The van der Waals surface area contributed by atoms with E-state index in [0.29, 0.717) is 36.0 Å². The number of ether oxygens (including phenoxy) is 3. The van der Waals surface area contributed by atoms with Gasteiger partial charge in [0, 0.05) is 0 Å². The molecule has 0 saturated heterocycles. The summed E-state index contributed by atoms with van der Waals surface area (Å²) >= 11 is 0. The van der Waals surface area contributed by atoms with E-state index in [-0.39, 0.29) is 6.54 Å². The molecule has 1 atom stereocenters. The average molecular weight is 429 g/mol. The summed E-state index contributed by atoms with van der Waals surface area (Å²) in [5, 5.41) is 2.48. The second-order valence-electron chi connectivity index (χ2n) is 6.31. The topological polar surface area (TPSA) is 115 Å². The summed E-state index contributed by atoms with van der Waals surface area (Å²) in [5.41, 5.74) is 4.82. The summed E-state index contributed by atoms with van der Waals surface area (Å²) in [6.45, 7) is 5.88. The molecule has 0 heterocycles. The number of hydrazine groups is 1. The van der Waals surface area contributed by atoms with Crippen LogP contribution >= 0.6 is 0 Å². The second-order valence-corrected chi connectivity index (χ2v) is 6.31. The van der Waals surface area contributed by atoms with Crippen LogP contribution < -0.4 is 30.4 Å². The number of nitrogens with one attached hydrogen (secondary N) is 3. The van der Waals surface area contributed by atoms with Crippen molar-refractivity contribution >= 4 is 17.7 Å². The first kappa shape index (κ1) is 23.5. The molecule has 0 saturated carbocycles. The average Bonchev–Trinajstić information content (AvgIpc) is 2.77. The molecule has 0 aliphatic heterocycles. The van der Waals surface area contributed by atoms with Crippen molar-refractivity contribution in [3.05, 3.63) is 54.1 Å². The van der Waals surface area contributed by atoms with Gasteiger partial charge in [-0.25, -0.2) is 0 Å². The lowest BCUT2D eigenvalue weighted by molar-refractivity contribution is -0.132. The first-order valence-electron chi connectivity index (χ1n) is 9.92. The first-order chi connectivity index (χ1) is 14.9. The molecule has 2 rings (SSSR count). The Morgan fingerprint density at radius 2 is 1.52 bits per heavy atom. The van der Waals surface area contributed by atoms with Crippen LogP contribution in [-0.4, -0.2) is 43.6 Å². The maximum absolute atomic E-state index is 12.3. The quantitative estimate of drug-likeness (QED) is 0.497. The number of hydrogen-bond acceptors (Lipinski definition) is 6. The number of amides is 3. The van der Waals surface area contributed by atoms with Gasteiger partial charge >= 0.3 is 0 Å². The lowest BCUT2D eigenvalue weighted by Crippen LogP contribution is -2.50. The van der Waals surface area contributed by atoms with Crippen LogP contribution in [0.25, 0.3) is 0 Å². The van der Waals surface area contributed by atoms with Crippen molar-refractivity contribution in [3.63, 3.8) is 0 Å². The first-order valence-corrected chi connectivity index (χ1v) is 9.92. The lowest BCUT2D eigenvalue weighted by atomic mass is 10.2. The summed E-state index contributed by atoms with van der Waals surface area (Å²) < 4.78 is 16.3. The maximum atomic E-state index is 12.3. The fourth-order valence-electron chi connectivity index (χ4n) is 2.51. The lowest BCUT2D eigenvalue weighted by Gasteiger charge is -2.15. The van der Waals surface area contributed by atoms with Crippen LogP contribution in [0.4, 0.5) is 0 Å². The van der Waals surface area contributed by atoms with Gasteiger partial charge in [-0.3, -0.25) is 25.2 Å². The molecule has 0 fully saturated rings. The van der Waals surface area contributed by atoms with E-state index < -0.39 is 23.8 Å². The van der Waals surface area contributed by atoms with Gasteiger partial charge in [0.05, 0.1) is 25.3 Å². The van der Waals surface area contributed by atoms with E-state index in [4.69, 9.17) is 14.2 Å². The van der Waals surface area contributed by atoms with Crippen molar-refractivity contribution in [2.24, 2.45) is 0 Å². The highest BCUT2D eigenvalue weighted by atomic mass is 16.5. The molecule has 3 N–H and O–H groups in total. The van der Waals surface area contributed by atoms with Gasteiger partial charge in [0.2, 0.25) is 0 Å². The molecular weight excluding hydrogens is 402 g/mol. The van der Waals surface area contributed by atoms with E-state index in [1.165, 1.54) is 0 Å². The molecule has 0 spiro atoms. The minimum absolute atomic E-state index is 0.318. The highest BCUT2D eigenvalue weighted by Crippen LogP contribution is 2.19. The third kappa shape index (κ3) is 7.54. The Balaban J connectivity index is 1.76. The van der Waals surface area contributed by atoms with E-state index in [2.05, 4.69) is 16.2 Å². The Labute approximate surface area is 181 Å². The van der Waals surface area contributed by atoms with E-state index in [1.54, 1.807) is 55.5 Å². The molecular formula is C22H27N3O6. The van der Waals surface area contributed by atoms with Crippen molar-refractivity contribution in [1.82, 2.24) is 16.2 Å². The number of benzene rings is 2. The van der Waals surface area contributed by atoms with E-state index in [9.17, 15) is 14.4 Å². The molecule has 9 nitrogen and oxygen atoms in total. The molecule has 31 heavy (non-hydrogen) atoms. The standard InChI is InChI=1S/C22H27N3O6/c1-4-29-16-10-12-17(13-11-16)31-15(3)21(27)25-24-20(26)14-23-22(28)18-8-6-7-9-19(18)30-5-2/h6-13,15H,4-5,14H2,1-3H3,(H,23,28)(H,24,26)(H,25,27). The number of carbonyl (C=O) groups is 3. The van der Waals surface area contributed by atoms with Gasteiger partial charge in [0.15, 0.2) is 6.10 Å². The van der Waals surface area contributed by atoms with Crippen molar-refractivity contribution < 1.29 is 28.6 Å². The van der Waals surface area contributed by atoms with Crippen molar-refractivity contribution in [3.8, 4) is 17.2 Å². The monoisotopic (exact) mass is 429 g/mol. The van der Waals surface area contributed by atoms with Gasteiger partial charge in [-0.15, -0.1) is 0 Å². The normalized spacial score (nSPS) is 11.1. The molecule has 0 bridgehead atoms. The van der Waals surface area contributed by atoms with Crippen LogP contribution in [0.15, 0.2) is 48.5 Å². The summed E-state index contributed by atoms with van der Waals surface area (Å²) in [4.78, 5) is 36.3. The van der Waals surface area contributed by atoms with Gasteiger partial charge in [-0.1, -0.05) is 12.1 Å². The smallest absolute Gasteiger partial charge is 0.279 e. The molecule has 1 unspecified atom stereocenters. The Morgan fingerprint density at radius 1 is 0.871 bits per heavy atom. The summed E-state index contributed by atoms with van der Waals surface area (Å²) in [6.07, 6.45) is -0.856. The fraction of sp³-hybridized carbons (Fsp3) is 0.318. The zero-order valence-electron chi connectivity index (χ0n) is 17.8. The Kier molecular flexibility index (Phi) is 9.15. The SMILES string of the molecule is CCOc1ccc(OC(C)C(=O)NNC(=O)CNC(=O)c2ccccc2OCC)cc1. The third-order valence-corrected chi connectivity index (χ3v) is 3.98. The minimum atomic E-state index is -0.856. The fourth-order valence-corrected chi connectivity index (χ4v) is 2.51. The molecule has 2 aromatic rings. The largest absolute Gasteiger partial charge is 0.494 e. The Morgan fingerprint density at radius 3 is 2.19 bits per heavy atom. The third-order valence-electron chi connectivity index (χ3n) is 3.98. The van der Waals surface area contributed by atoms with Crippen molar-refractivity contribution in [1.29, 1.82) is 0 Å². The zero-order valence-corrected chi connectivity index (χ0v) is 17.8. The highest BCUT2D eigenvalue weighted by Gasteiger charge is 2.17. The van der Waals surface area contributed by atoms with Crippen LogP contribution in [0.2, 0.25) is 0 Å². The molecule has 0 aliphatic carbocycles. The summed E-state index contributed by atoms with van der Waals surface area (Å²) in [7, 11) is 0. The highest BCUT2D eigenvalue weighted by molar-refractivity contribution is 5.98. The van der Waals surface area contributed by atoms with Crippen LogP contribution in [0.3, 0.4) is 0 Å². The van der Waals surface area contributed by atoms with Crippen LogP contribution in [0.5, 0.6) is 17.2 Å².